The Hall–Kier alpha value is -1.65. The minimum absolute atomic E-state index is 0. The summed E-state index contributed by atoms with van der Waals surface area (Å²) < 4.78 is 1.48. The summed E-state index contributed by atoms with van der Waals surface area (Å²) in [5, 5.41) is 24.8. The SMILES string of the molecule is O=C(O)c1c2c(nn1CC(O)CN1CCCCC1)-c1ccncc1CC2.[LiH]. The van der Waals surface area contributed by atoms with Crippen molar-refractivity contribution in [1.29, 1.82) is 0 Å². The maximum absolute atomic E-state index is 11.9. The number of carbonyl (C=O) groups is 1. The van der Waals surface area contributed by atoms with Gasteiger partial charge in [-0.3, -0.25) is 9.67 Å². The van der Waals surface area contributed by atoms with E-state index < -0.39 is 12.1 Å². The van der Waals surface area contributed by atoms with Crippen LogP contribution < -0.4 is 0 Å². The number of carboxylic acid groups (broad SMARTS) is 1. The number of rotatable bonds is 5. The normalized spacial score (nSPS) is 17.5. The third-order valence-electron chi connectivity index (χ3n) is 5.36. The second kappa shape index (κ2) is 8.57. The number of aromatic carboxylic acids is 1. The standard InChI is InChI=1S/C19H24N4O3.Li.H/c24-14(11-22-8-2-1-3-9-22)12-23-18(19(25)26)16-5-4-13-10-20-7-6-15(13)17(16)21-23;;/h6-7,10,14,24H,1-5,8-9,11-12H2,(H,25,26);;. The zero-order valence-electron chi connectivity index (χ0n) is 14.8. The molecule has 2 aromatic heterocycles. The number of hydrogen-bond acceptors (Lipinski definition) is 5. The van der Waals surface area contributed by atoms with E-state index in [-0.39, 0.29) is 31.1 Å². The van der Waals surface area contributed by atoms with Gasteiger partial charge in [-0.25, -0.2) is 4.79 Å². The second-order valence-corrected chi connectivity index (χ2v) is 7.21. The molecule has 0 radical (unpaired) electrons. The average Bonchev–Trinajstić information content (AvgIpc) is 3.01. The molecule has 7 nitrogen and oxygen atoms in total. The number of β-amino-alcohol motifs (C(OH)–C–C–N with tert-alkyl or cyclic N) is 1. The summed E-state index contributed by atoms with van der Waals surface area (Å²) in [6.07, 6.45) is 7.86. The van der Waals surface area contributed by atoms with Gasteiger partial charge in [-0.05, 0) is 50.4 Å². The summed E-state index contributed by atoms with van der Waals surface area (Å²) in [6, 6.07) is 1.89. The van der Waals surface area contributed by atoms with Gasteiger partial charge in [0.05, 0.1) is 18.3 Å². The molecule has 1 aliphatic carbocycles. The van der Waals surface area contributed by atoms with Crippen molar-refractivity contribution in [3.63, 3.8) is 0 Å². The van der Waals surface area contributed by atoms with Crippen molar-refractivity contribution < 1.29 is 15.0 Å². The van der Waals surface area contributed by atoms with Crippen LogP contribution in [0.1, 0.15) is 40.9 Å². The third-order valence-corrected chi connectivity index (χ3v) is 5.36. The zero-order chi connectivity index (χ0) is 18.1. The predicted molar refractivity (Wildman–Crippen MR) is 103 cm³/mol. The molecule has 1 fully saturated rings. The molecule has 140 valence electrons. The first-order valence-corrected chi connectivity index (χ1v) is 9.30. The van der Waals surface area contributed by atoms with Gasteiger partial charge in [0.25, 0.3) is 0 Å². The average molecular weight is 364 g/mol. The van der Waals surface area contributed by atoms with Gasteiger partial charge in [0.2, 0.25) is 0 Å². The Morgan fingerprint density at radius 3 is 2.70 bits per heavy atom. The number of carboxylic acids is 1. The molecular weight excluding hydrogens is 339 g/mol. The number of fused-ring (bicyclic) bond motifs is 3. The fraction of sp³-hybridized carbons (Fsp3) is 0.526. The van der Waals surface area contributed by atoms with Gasteiger partial charge in [0, 0.05) is 30.1 Å². The van der Waals surface area contributed by atoms with Gasteiger partial charge in [-0.1, -0.05) is 6.42 Å². The van der Waals surface area contributed by atoms with Crippen LogP contribution in [0.15, 0.2) is 18.5 Å². The molecule has 0 spiro atoms. The molecule has 2 aromatic rings. The molecule has 1 atom stereocenters. The molecule has 2 N–H and O–H groups in total. The molecule has 27 heavy (non-hydrogen) atoms. The van der Waals surface area contributed by atoms with Crippen molar-refractivity contribution in [2.45, 2.75) is 44.8 Å². The molecule has 0 bridgehead atoms. The van der Waals surface area contributed by atoms with Gasteiger partial charge in [0.15, 0.2) is 0 Å². The number of nitrogens with zero attached hydrogens (tertiary/aromatic N) is 4. The maximum atomic E-state index is 11.9. The van der Waals surface area contributed by atoms with Crippen LogP contribution in [-0.2, 0) is 19.4 Å². The van der Waals surface area contributed by atoms with E-state index in [1.54, 1.807) is 6.20 Å². The van der Waals surface area contributed by atoms with Crippen LogP contribution in [0.2, 0.25) is 0 Å². The summed E-state index contributed by atoms with van der Waals surface area (Å²) in [6.45, 7) is 2.76. The number of pyridine rings is 1. The van der Waals surface area contributed by atoms with Crippen molar-refractivity contribution in [2.24, 2.45) is 0 Å². The molecule has 0 saturated carbocycles. The van der Waals surface area contributed by atoms with Crippen molar-refractivity contribution >= 4 is 24.8 Å². The summed E-state index contributed by atoms with van der Waals surface area (Å²) in [4.78, 5) is 18.3. The molecule has 4 rings (SSSR count). The number of likely N-dealkylation sites (tertiary alicyclic amines) is 1. The van der Waals surface area contributed by atoms with E-state index >= 15 is 0 Å². The summed E-state index contributed by atoms with van der Waals surface area (Å²) in [5.74, 6) is -0.985. The Morgan fingerprint density at radius 2 is 1.96 bits per heavy atom. The molecule has 2 aliphatic rings. The number of aliphatic hydroxyl groups is 1. The van der Waals surface area contributed by atoms with E-state index in [0.717, 1.165) is 54.7 Å². The van der Waals surface area contributed by atoms with Gasteiger partial charge in [-0.2, -0.15) is 5.10 Å². The number of aromatic nitrogens is 3. The first kappa shape index (κ1) is 20.1. The van der Waals surface area contributed by atoms with Crippen molar-refractivity contribution in [1.82, 2.24) is 19.7 Å². The Labute approximate surface area is 170 Å². The number of hydrogen-bond donors (Lipinski definition) is 2. The fourth-order valence-corrected chi connectivity index (χ4v) is 4.14. The van der Waals surface area contributed by atoms with Crippen LogP contribution in [0, 0.1) is 0 Å². The Balaban J connectivity index is 0.00000210. The third kappa shape index (κ3) is 4.12. The number of piperidine rings is 1. The summed E-state index contributed by atoms with van der Waals surface area (Å²) in [5.41, 5.74) is 3.74. The van der Waals surface area contributed by atoms with Crippen LogP contribution in [0.4, 0.5) is 0 Å². The summed E-state index contributed by atoms with van der Waals surface area (Å²) in [7, 11) is 0. The first-order valence-electron chi connectivity index (χ1n) is 9.30. The van der Waals surface area contributed by atoms with Crippen molar-refractivity contribution in [3.05, 3.63) is 35.3 Å². The molecule has 3 heterocycles. The molecule has 0 aromatic carbocycles. The molecule has 8 heteroatoms. The quantitative estimate of drug-likeness (QED) is 0.768. The zero-order valence-corrected chi connectivity index (χ0v) is 14.8. The summed E-state index contributed by atoms with van der Waals surface area (Å²) >= 11 is 0. The van der Waals surface area contributed by atoms with E-state index in [1.807, 2.05) is 12.3 Å². The van der Waals surface area contributed by atoms with Gasteiger partial charge < -0.3 is 15.1 Å². The Morgan fingerprint density at radius 1 is 1.19 bits per heavy atom. The van der Waals surface area contributed by atoms with E-state index in [9.17, 15) is 15.0 Å². The second-order valence-electron chi connectivity index (χ2n) is 7.21. The molecule has 1 aliphatic heterocycles. The van der Waals surface area contributed by atoms with Crippen molar-refractivity contribution in [2.75, 3.05) is 19.6 Å². The van der Waals surface area contributed by atoms with Crippen LogP contribution in [0.25, 0.3) is 11.3 Å². The molecule has 1 unspecified atom stereocenters. The number of aliphatic hydroxyl groups excluding tert-OH is 1. The van der Waals surface area contributed by atoms with Crippen LogP contribution in [-0.4, -0.2) is 80.4 Å². The Bertz CT molecular complexity index is 817. The fourth-order valence-electron chi connectivity index (χ4n) is 4.14. The van der Waals surface area contributed by atoms with Gasteiger partial charge in [-0.15, -0.1) is 0 Å². The van der Waals surface area contributed by atoms with Crippen LogP contribution >= 0.6 is 0 Å². The van der Waals surface area contributed by atoms with E-state index in [0.29, 0.717) is 13.0 Å². The topological polar surface area (TPSA) is 91.5 Å². The minimum atomic E-state index is -0.985. The van der Waals surface area contributed by atoms with Gasteiger partial charge >= 0.3 is 24.8 Å². The number of aryl methyl sites for hydroxylation is 1. The van der Waals surface area contributed by atoms with E-state index in [1.165, 1.54) is 11.1 Å². The first-order chi connectivity index (χ1) is 12.6. The van der Waals surface area contributed by atoms with Gasteiger partial charge in [0.1, 0.15) is 5.69 Å². The van der Waals surface area contributed by atoms with Crippen LogP contribution in [0.3, 0.4) is 0 Å². The van der Waals surface area contributed by atoms with E-state index in [4.69, 9.17) is 0 Å². The Kier molecular flexibility index (Phi) is 6.38. The molecule has 1 saturated heterocycles. The van der Waals surface area contributed by atoms with Crippen LogP contribution in [0.5, 0.6) is 0 Å². The molecule has 0 amide bonds. The molecular formula is C19H25LiN4O3. The predicted octanol–water partition coefficient (Wildman–Crippen LogP) is 0.940. The van der Waals surface area contributed by atoms with E-state index in [2.05, 4.69) is 15.0 Å². The van der Waals surface area contributed by atoms with Crippen molar-refractivity contribution in [3.8, 4) is 11.3 Å². The monoisotopic (exact) mass is 364 g/mol.